The van der Waals surface area contributed by atoms with Gasteiger partial charge in [-0.1, -0.05) is 12.1 Å². The lowest BCUT2D eigenvalue weighted by Gasteiger charge is -1.96. The van der Waals surface area contributed by atoms with E-state index in [0.717, 1.165) is 12.8 Å². The molecule has 0 radical (unpaired) electrons. The fourth-order valence-corrected chi connectivity index (χ4v) is 1.87. The summed E-state index contributed by atoms with van der Waals surface area (Å²) in [4.78, 5) is 12.4. The molecule has 0 spiro atoms. The Morgan fingerprint density at radius 2 is 2.19 bits per heavy atom. The molecular formula is C14H13FN4O2. The van der Waals surface area contributed by atoms with Gasteiger partial charge in [0.25, 0.3) is 5.89 Å². The predicted octanol–water partition coefficient (Wildman–Crippen LogP) is 2.80. The van der Waals surface area contributed by atoms with Crippen LogP contribution in [0.25, 0.3) is 11.6 Å². The molecule has 0 bridgehead atoms. The second-order valence-electron chi connectivity index (χ2n) is 4.50. The molecule has 0 fully saturated rings. The lowest BCUT2D eigenvalue weighted by molar-refractivity contribution is 0.422. The molecular weight excluding hydrogens is 275 g/mol. The highest BCUT2D eigenvalue weighted by atomic mass is 19.1. The Bertz CT molecular complexity index is 738. The first-order valence-corrected chi connectivity index (χ1v) is 6.63. The Labute approximate surface area is 120 Å². The second kappa shape index (κ2) is 5.82. The number of aromatic nitrogens is 4. The number of aryl methyl sites for hydroxylation is 1. The van der Waals surface area contributed by atoms with Crippen LogP contribution in [0, 0.1) is 5.82 Å². The van der Waals surface area contributed by atoms with Crippen LogP contribution in [0.4, 0.5) is 4.39 Å². The summed E-state index contributed by atoms with van der Waals surface area (Å²) in [6.07, 6.45) is 4.85. The summed E-state index contributed by atoms with van der Waals surface area (Å²) in [7, 11) is 0. The topological polar surface area (TPSA) is 77.8 Å². The van der Waals surface area contributed by atoms with Gasteiger partial charge < -0.3 is 8.94 Å². The smallest absolute Gasteiger partial charge is 0.279 e. The van der Waals surface area contributed by atoms with Crippen molar-refractivity contribution in [2.24, 2.45) is 0 Å². The van der Waals surface area contributed by atoms with Crippen LogP contribution in [0.1, 0.15) is 30.8 Å². The van der Waals surface area contributed by atoms with Crippen molar-refractivity contribution in [3.05, 3.63) is 47.8 Å². The Morgan fingerprint density at radius 1 is 1.29 bits per heavy atom. The molecule has 108 valence electrons. The summed E-state index contributed by atoms with van der Waals surface area (Å²) in [5.41, 5.74) is 0.760. The molecule has 0 amide bonds. The van der Waals surface area contributed by atoms with E-state index in [0.29, 0.717) is 17.4 Å². The number of oxazole rings is 1. The average molecular weight is 288 g/mol. The molecule has 21 heavy (non-hydrogen) atoms. The van der Waals surface area contributed by atoms with E-state index < -0.39 is 5.82 Å². The number of rotatable bonds is 5. The van der Waals surface area contributed by atoms with Gasteiger partial charge in [0.1, 0.15) is 12.1 Å². The summed E-state index contributed by atoms with van der Waals surface area (Å²) in [6.45, 7) is 2.04. The van der Waals surface area contributed by atoms with Crippen molar-refractivity contribution in [2.75, 3.05) is 0 Å². The molecule has 0 atom stereocenters. The fraction of sp³-hybridized carbons (Fsp3) is 0.286. The van der Waals surface area contributed by atoms with Gasteiger partial charge in [0, 0.05) is 12.6 Å². The Kier molecular flexibility index (Phi) is 3.72. The van der Waals surface area contributed by atoms with E-state index in [1.54, 1.807) is 0 Å². The first-order valence-electron chi connectivity index (χ1n) is 6.63. The van der Waals surface area contributed by atoms with Gasteiger partial charge in [0.05, 0.1) is 12.1 Å². The van der Waals surface area contributed by atoms with E-state index >= 15 is 0 Å². The monoisotopic (exact) mass is 288 g/mol. The van der Waals surface area contributed by atoms with Crippen LogP contribution in [0.2, 0.25) is 0 Å². The van der Waals surface area contributed by atoms with Gasteiger partial charge in [-0.05, 0) is 18.6 Å². The molecule has 3 aromatic heterocycles. The SMILES string of the molecule is CCCc1nc(-c2nc(Cc3ncccc3F)no2)co1. The van der Waals surface area contributed by atoms with Crippen molar-refractivity contribution in [3.63, 3.8) is 0 Å². The molecule has 3 heterocycles. The van der Waals surface area contributed by atoms with Crippen LogP contribution >= 0.6 is 0 Å². The zero-order valence-corrected chi connectivity index (χ0v) is 11.4. The molecule has 0 saturated carbocycles. The van der Waals surface area contributed by atoms with Crippen molar-refractivity contribution < 1.29 is 13.3 Å². The molecule has 6 nitrogen and oxygen atoms in total. The molecule has 0 aliphatic heterocycles. The quantitative estimate of drug-likeness (QED) is 0.718. The minimum absolute atomic E-state index is 0.163. The molecule has 0 N–H and O–H groups in total. The van der Waals surface area contributed by atoms with Crippen LogP contribution < -0.4 is 0 Å². The molecule has 3 rings (SSSR count). The zero-order valence-electron chi connectivity index (χ0n) is 11.4. The third-order valence-electron chi connectivity index (χ3n) is 2.86. The van der Waals surface area contributed by atoms with E-state index in [2.05, 4.69) is 20.1 Å². The van der Waals surface area contributed by atoms with Crippen LogP contribution in [-0.4, -0.2) is 20.1 Å². The van der Waals surface area contributed by atoms with E-state index in [-0.39, 0.29) is 18.0 Å². The largest absolute Gasteiger partial charge is 0.448 e. The predicted molar refractivity (Wildman–Crippen MR) is 70.8 cm³/mol. The van der Waals surface area contributed by atoms with Crippen molar-refractivity contribution in [2.45, 2.75) is 26.2 Å². The third kappa shape index (κ3) is 2.96. The first kappa shape index (κ1) is 13.4. The molecule has 7 heteroatoms. The van der Waals surface area contributed by atoms with Crippen molar-refractivity contribution in [3.8, 4) is 11.6 Å². The van der Waals surface area contributed by atoms with Crippen LogP contribution in [-0.2, 0) is 12.8 Å². The van der Waals surface area contributed by atoms with E-state index in [9.17, 15) is 4.39 Å². The Hall–Kier alpha value is -2.57. The van der Waals surface area contributed by atoms with Crippen LogP contribution in [0.3, 0.4) is 0 Å². The first-order chi connectivity index (χ1) is 10.3. The maximum Gasteiger partial charge on any atom is 0.279 e. The standard InChI is InChI=1S/C14H13FN4O2/c1-2-4-13-17-11(8-20-13)14-18-12(19-21-14)7-10-9(15)5-3-6-16-10/h3,5-6,8H,2,4,7H2,1H3. The van der Waals surface area contributed by atoms with Gasteiger partial charge in [-0.15, -0.1) is 0 Å². The molecule has 0 aromatic carbocycles. The fourth-order valence-electron chi connectivity index (χ4n) is 1.87. The highest BCUT2D eigenvalue weighted by molar-refractivity contribution is 5.43. The average Bonchev–Trinajstić information content (AvgIpc) is 3.11. The number of hydrogen-bond acceptors (Lipinski definition) is 6. The number of pyridine rings is 1. The zero-order chi connectivity index (χ0) is 14.7. The number of nitrogens with zero attached hydrogens (tertiary/aromatic N) is 4. The lowest BCUT2D eigenvalue weighted by atomic mass is 10.2. The Balaban J connectivity index is 1.78. The normalized spacial score (nSPS) is 11.0. The van der Waals surface area contributed by atoms with Gasteiger partial charge in [0.15, 0.2) is 17.4 Å². The summed E-state index contributed by atoms with van der Waals surface area (Å²) in [5, 5.41) is 3.81. The Morgan fingerprint density at radius 3 is 3.00 bits per heavy atom. The van der Waals surface area contributed by atoms with E-state index in [1.165, 1.54) is 24.6 Å². The summed E-state index contributed by atoms with van der Waals surface area (Å²) in [6, 6.07) is 2.88. The minimum atomic E-state index is -0.393. The van der Waals surface area contributed by atoms with Gasteiger partial charge in [0.2, 0.25) is 0 Å². The third-order valence-corrected chi connectivity index (χ3v) is 2.86. The highest BCUT2D eigenvalue weighted by Crippen LogP contribution is 2.18. The van der Waals surface area contributed by atoms with Crippen LogP contribution in [0.15, 0.2) is 33.5 Å². The number of hydrogen-bond donors (Lipinski definition) is 0. The van der Waals surface area contributed by atoms with Gasteiger partial charge in [-0.3, -0.25) is 4.98 Å². The van der Waals surface area contributed by atoms with Gasteiger partial charge in [-0.25, -0.2) is 9.37 Å². The lowest BCUT2D eigenvalue weighted by Crippen LogP contribution is -1.97. The van der Waals surface area contributed by atoms with Crippen molar-refractivity contribution >= 4 is 0 Å². The van der Waals surface area contributed by atoms with Gasteiger partial charge >= 0.3 is 0 Å². The maximum absolute atomic E-state index is 13.5. The molecule has 0 unspecified atom stereocenters. The molecule has 0 aliphatic rings. The minimum Gasteiger partial charge on any atom is -0.448 e. The second-order valence-corrected chi connectivity index (χ2v) is 4.50. The number of halogens is 1. The molecule has 3 aromatic rings. The molecule has 0 aliphatic carbocycles. The van der Waals surface area contributed by atoms with Crippen LogP contribution in [0.5, 0.6) is 0 Å². The van der Waals surface area contributed by atoms with Gasteiger partial charge in [-0.2, -0.15) is 4.98 Å². The summed E-state index contributed by atoms with van der Waals surface area (Å²) in [5.74, 6) is 0.841. The van der Waals surface area contributed by atoms with E-state index in [1.807, 2.05) is 6.92 Å². The van der Waals surface area contributed by atoms with E-state index in [4.69, 9.17) is 8.94 Å². The van der Waals surface area contributed by atoms with Crippen molar-refractivity contribution in [1.82, 2.24) is 20.1 Å². The maximum atomic E-state index is 13.5. The highest BCUT2D eigenvalue weighted by Gasteiger charge is 2.15. The van der Waals surface area contributed by atoms with Crippen molar-refractivity contribution in [1.29, 1.82) is 0 Å². The molecule has 0 saturated heterocycles. The summed E-state index contributed by atoms with van der Waals surface area (Å²) >= 11 is 0. The summed E-state index contributed by atoms with van der Waals surface area (Å²) < 4.78 is 23.9.